The number of hydrogen-bond donors (Lipinski definition) is 2. The maximum Gasteiger partial charge on any atom is 0.325 e. The number of carbonyl (C=O) groups is 1. The zero-order chi connectivity index (χ0) is 23.0. The van der Waals surface area contributed by atoms with Crippen LogP contribution >= 0.6 is 0 Å². The first-order valence-corrected chi connectivity index (χ1v) is 12.1. The van der Waals surface area contributed by atoms with Gasteiger partial charge in [0.1, 0.15) is 17.6 Å². The number of unbranched alkanes of at least 4 members (excludes halogenated alkanes) is 2. The molecule has 0 amide bonds. The third-order valence-corrected chi connectivity index (χ3v) is 6.59. The SMILES string of the molecule is COc1ccccc1[C@@H](C(=O)O)N1CC[C@@H](OCCCCCc2ccc3c(n2)NCCC3)C1. The largest absolute Gasteiger partial charge is 0.496 e. The summed E-state index contributed by atoms with van der Waals surface area (Å²) >= 11 is 0. The van der Waals surface area contributed by atoms with Gasteiger partial charge in [-0.15, -0.1) is 0 Å². The van der Waals surface area contributed by atoms with Gasteiger partial charge >= 0.3 is 5.97 Å². The first-order chi connectivity index (χ1) is 16.2. The Morgan fingerprint density at radius 3 is 2.97 bits per heavy atom. The van der Waals surface area contributed by atoms with E-state index in [0.717, 1.165) is 56.6 Å². The third kappa shape index (κ3) is 6.03. The number of carboxylic acid groups (broad SMARTS) is 1. The number of hydrogen-bond acceptors (Lipinski definition) is 6. The van der Waals surface area contributed by atoms with Crippen molar-refractivity contribution in [2.75, 3.05) is 38.7 Å². The molecule has 33 heavy (non-hydrogen) atoms. The number of nitrogens with one attached hydrogen (secondary N) is 1. The van der Waals surface area contributed by atoms with E-state index < -0.39 is 12.0 Å². The van der Waals surface area contributed by atoms with Crippen molar-refractivity contribution in [3.8, 4) is 5.75 Å². The number of aromatic nitrogens is 1. The van der Waals surface area contributed by atoms with Gasteiger partial charge in [0.2, 0.25) is 0 Å². The van der Waals surface area contributed by atoms with E-state index in [9.17, 15) is 9.90 Å². The summed E-state index contributed by atoms with van der Waals surface area (Å²) in [4.78, 5) is 18.8. The first-order valence-electron chi connectivity index (χ1n) is 12.1. The van der Waals surface area contributed by atoms with Gasteiger partial charge in [-0.25, -0.2) is 4.98 Å². The fraction of sp³-hybridized carbons (Fsp3) is 0.538. The number of methoxy groups -OCH3 is 1. The van der Waals surface area contributed by atoms with Gasteiger partial charge in [-0.3, -0.25) is 9.69 Å². The van der Waals surface area contributed by atoms with E-state index in [1.165, 1.54) is 12.0 Å². The van der Waals surface area contributed by atoms with Crippen LogP contribution in [0.4, 0.5) is 5.82 Å². The number of anilines is 1. The second kappa shape index (κ2) is 11.5. The molecule has 1 aromatic heterocycles. The molecule has 0 aliphatic carbocycles. The maximum atomic E-state index is 12.0. The van der Waals surface area contributed by atoms with Gasteiger partial charge in [0, 0.05) is 37.5 Å². The molecule has 0 bridgehead atoms. The lowest BCUT2D eigenvalue weighted by atomic mass is 10.0. The number of nitrogens with zero attached hydrogens (tertiary/aromatic N) is 2. The molecule has 2 N–H and O–H groups in total. The molecule has 1 fully saturated rings. The molecule has 1 aromatic carbocycles. The van der Waals surface area contributed by atoms with Crippen LogP contribution in [-0.4, -0.2) is 60.4 Å². The quantitative estimate of drug-likeness (QED) is 0.496. The second-order valence-corrected chi connectivity index (χ2v) is 8.91. The number of likely N-dealkylation sites (tertiary alicyclic amines) is 1. The standard InChI is InChI=1S/C26H35N3O4/c1-32-23-11-5-4-10-22(23)24(26(30)31)29-16-14-21(18-29)33-17-6-2-3-9-20-13-12-19-8-7-15-27-25(19)28-20/h4-5,10-13,21,24H,2-3,6-9,14-18H2,1H3,(H,27,28)(H,30,31)/t21-,24+/m1/s1. The van der Waals surface area contributed by atoms with Crippen LogP contribution in [-0.2, 0) is 22.4 Å². The molecule has 2 atom stereocenters. The fourth-order valence-electron chi connectivity index (χ4n) is 4.85. The number of carboxylic acids is 1. The number of rotatable bonds is 11. The number of fused-ring (bicyclic) bond motifs is 1. The predicted octanol–water partition coefficient (Wildman–Crippen LogP) is 4.08. The highest BCUT2D eigenvalue weighted by molar-refractivity contribution is 5.76. The number of aliphatic carboxylic acids is 1. The van der Waals surface area contributed by atoms with Crippen molar-refractivity contribution in [1.29, 1.82) is 0 Å². The van der Waals surface area contributed by atoms with Crippen LogP contribution in [0.3, 0.4) is 0 Å². The van der Waals surface area contributed by atoms with E-state index in [-0.39, 0.29) is 6.10 Å². The molecule has 1 saturated heterocycles. The van der Waals surface area contributed by atoms with Crippen molar-refractivity contribution in [3.63, 3.8) is 0 Å². The lowest BCUT2D eigenvalue weighted by Crippen LogP contribution is -2.33. The molecule has 2 aliphatic heterocycles. The molecule has 0 radical (unpaired) electrons. The highest BCUT2D eigenvalue weighted by atomic mass is 16.5. The molecule has 2 aromatic rings. The topological polar surface area (TPSA) is 83.9 Å². The van der Waals surface area contributed by atoms with Crippen molar-refractivity contribution in [3.05, 3.63) is 53.2 Å². The van der Waals surface area contributed by atoms with Crippen LogP contribution in [0.5, 0.6) is 5.75 Å². The zero-order valence-corrected chi connectivity index (χ0v) is 19.5. The van der Waals surface area contributed by atoms with Crippen molar-refractivity contribution < 1.29 is 19.4 Å². The summed E-state index contributed by atoms with van der Waals surface area (Å²) in [7, 11) is 1.58. The molecule has 178 valence electrons. The highest BCUT2D eigenvalue weighted by Gasteiger charge is 2.35. The van der Waals surface area contributed by atoms with Crippen molar-refractivity contribution in [2.45, 2.75) is 57.1 Å². The third-order valence-electron chi connectivity index (χ3n) is 6.59. The Hall–Kier alpha value is -2.64. The van der Waals surface area contributed by atoms with E-state index in [4.69, 9.17) is 14.5 Å². The monoisotopic (exact) mass is 453 g/mol. The molecule has 0 unspecified atom stereocenters. The molecule has 3 heterocycles. The Kier molecular flexibility index (Phi) is 8.18. The normalized spacial score (nSPS) is 19.0. The average Bonchev–Trinajstić information content (AvgIpc) is 3.29. The van der Waals surface area contributed by atoms with Gasteiger partial charge in [0.05, 0.1) is 13.2 Å². The van der Waals surface area contributed by atoms with Gasteiger partial charge < -0.3 is 19.9 Å². The summed E-state index contributed by atoms with van der Waals surface area (Å²) in [6.45, 7) is 3.06. The van der Waals surface area contributed by atoms with Crippen molar-refractivity contribution in [2.24, 2.45) is 0 Å². The van der Waals surface area contributed by atoms with Crippen molar-refractivity contribution >= 4 is 11.8 Å². The molecular formula is C26H35N3O4. The summed E-state index contributed by atoms with van der Waals surface area (Å²) in [5, 5.41) is 13.3. The minimum Gasteiger partial charge on any atom is -0.496 e. The zero-order valence-electron chi connectivity index (χ0n) is 19.5. The molecule has 7 nitrogen and oxygen atoms in total. The van der Waals surface area contributed by atoms with E-state index in [2.05, 4.69) is 17.4 Å². The van der Waals surface area contributed by atoms with E-state index in [0.29, 0.717) is 31.0 Å². The number of benzene rings is 1. The molecule has 4 rings (SSSR count). The van der Waals surface area contributed by atoms with Gasteiger partial charge in [0.15, 0.2) is 0 Å². The fourth-order valence-corrected chi connectivity index (χ4v) is 4.85. The van der Waals surface area contributed by atoms with E-state index >= 15 is 0 Å². The Morgan fingerprint density at radius 2 is 2.12 bits per heavy atom. The predicted molar refractivity (Wildman–Crippen MR) is 128 cm³/mol. The van der Waals surface area contributed by atoms with Crippen LogP contribution in [0.1, 0.15) is 55.0 Å². The van der Waals surface area contributed by atoms with Crippen LogP contribution in [0.15, 0.2) is 36.4 Å². The Balaban J connectivity index is 1.18. The van der Waals surface area contributed by atoms with Crippen LogP contribution in [0, 0.1) is 0 Å². The van der Waals surface area contributed by atoms with Gasteiger partial charge in [0.25, 0.3) is 0 Å². The number of ether oxygens (including phenoxy) is 2. The van der Waals surface area contributed by atoms with Crippen LogP contribution < -0.4 is 10.1 Å². The Labute approximate surface area is 196 Å². The summed E-state index contributed by atoms with van der Waals surface area (Å²) in [5.41, 5.74) is 3.19. The number of pyridine rings is 1. The second-order valence-electron chi connectivity index (χ2n) is 8.91. The lowest BCUT2D eigenvalue weighted by molar-refractivity contribution is -0.143. The minimum atomic E-state index is -0.855. The number of aryl methyl sites for hydroxylation is 2. The van der Waals surface area contributed by atoms with Gasteiger partial charge in [-0.1, -0.05) is 30.7 Å². The smallest absolute Gasteiger partial charge is 0.325 e. The lowest BCUT2D eigenvalue weighted by Gasteiger charge is -2.25. The minimum absolute atomic E-state index is 0.0787. The summed E-state index contributed by atoms with van der Waals surface area (Å²) in [6.07, 6.45) is 7.43. The first kappa shape index (κ1) is 23.5. The molecule has 0 saturated carbocycles. The molecular weight excluding hydrogens is 418 g/mol. The van der Waals surface area contributed by atoms with E-state index in [1.807, 2.05) is 29.2 Å². The number of para-hydroxylation sites is 1. The molecule has 0 spiro atoms. The maximum absolute atomic E-state index is 12.0. The summed E-state index contributed by atoms with van der Waals surface area (Å²) in [6, 6.07) is 11.0. The highest BCUT2D eigenvalue weighted by Crippen LogP contribution is 2.32. The molecule has 7 heteroatoms. The summed E-state index contributed by atoms with van der Waals surface area (Å²) in [5.74, 6) is 0.824. The Morgan fingerprint density at radius 1 is 1.24 bits per heavy atom. The van der Waals surface area contributed by atoms with E-state index in [1.54, 1.807) is 7.11 Å². The average molecular weight is 454 g/mol. The van der Waals surface area contributed by atoms with Crippen molar-refractivity contribution in [1.82, 2.24) is 9.88 Å². The van der Waals surface area contributed by atoms with Crippen LogP contribution in [0.25, 0.3) is 0 Å². The molecule has 2 aliphatic rings. The van der Waals surface area contributed by atoms with Gasteiger partial charge in [-0.05, 0) is 56.2 Å². The van der Waals surface area contributed by atoms with Gasteiger partial charge in [-0.2, -0.15) is 0 Å². The Bertz CT molecular complexity index is 936. The summed E-state index contributed by atoms with van der Waals surface area (Å²) < 4.78 is 11.5. The van der Waals surface area contributed by atoms with Crippen LogP contribution in [0.2, 0.25) is 0 Å².